The summed E-state index contributed by atoms with van der Waals surface area (Å²) < 4.78 is 5.49. The number of anilines is 1. The Kier molecular flexibility index (Phi) is 6.61. The van der Waals surface area contributed by atoms with E-state index in [-0.39, 0.29) is 5.91 Å². The van der Waals surface area contributed by atoms with Crippen molar-refractivity contribution < 1.29 is 9.21 Å². The van der Waals surface area contributed by atoms with E-state index in [1.807, 2.05) is 60.7 Å². The average Bonchev–Trinajstić information content (AvgIpc) is 3.20. The summed E-state index contributed by atoms with van der Waals surface area (Å²) in [5, 5.41) is 0. The van der Waals surface area contributed by atoms with Gasteiger partial charge in [0.2, 0.25) is 5.91 Å². The van der Waals surface area contributed by atoms with Gasteiger partial charge >= 0.3 is 0 Å². The molecule has 0 aliphatic rings. The second-order valence-corrected chi connectivity index (χ2v) is 6.34. The number of carbonyl (C=O) groups is 1. The van der Waals surface area contributed by atoms with Gasteiger partial charge in [0.1, 0.15) is 5.76 Å². The lowest BCUT2D eigenvalue weighted by molar-refractivity contribution is -0.120. The van der Waals surface area contributed by atoms with Crippen LogP contribution < -0.4 is 4.90 Å². The van der Waals surface area contributed by atoms with Gasteiger partial charge in [0, 0.05) is 18.8 Å². The van der Waals surface area contributed by atoms with Crippen LogP contribution in [0.2, 0.25) is 0 Å². The van der Waals surface area contributed by atoms with Gasteiger partial charge < -0.3 is 9.32 Å². The third-order valence-corrected chi connectivity index (χ3v) is 4.25. The Balaban J connectivity index is 1.76. The van der Waals surface area contributed by atoms with Gasteiger partial charge in [0.05, 0.1) is 19.4 Å². The summed E-state index contributed by atoms with van der Waals surface area (Å²) in [4.78, 5) is 16.9. The van der Waals surface area contributed by atoms with Crippen molar-refractivity contribution in [3.8, 4) is 0 Å². The third-order valence-electron chi connectivity index (χ3n) is 4.25. The number of rotatable bonds is 9. The molecule has 0 aliphatic carbocycles. The number of benzene rings is 2. The van der Waals surface area contributed by atoms with E-state index < -0.39 is 0 Å². The summed E-state index contributed by atoms with van der Waals surface area (Å²) in [6, 6.07) is 23.6. The highest BCUT2D eigenvalue weighted by atomic mass is 16.3. The van der Waals surface area contributed by atoms with Crippen molar-refractivity contribution in [1.29, 1.82) is 0 Å². The fourth-order valence-electron chi connectivity index (χ4n) is 3.00. The van der Waals surface area contributed by atoms with Crippen LogP contribution in [0.15, 0.2) is 96.1 Å². The van der Waals surface area contributed by atoms with E-state index in [2.05, 4.69) is 23.6 Å². The van der Waals surface area contributed by atoms with Crippen molar-refractivity contribution >= 4 is 11.6 Å². The maximum atomic E-state index is 13.1. The highest BCUT2D eigenvalue weighted by Gasteiger charge is 2.19. The van der Waals surface area contributed by atoms with Crippen LogP contribution in [0.5, 0.6) is 0 Å². The highest BCUT2D eigenvalue weighted by molar-refractivity contribution is 5.95. The van der Waals surface area contributed by atoms with Crippen LogP contribution >= 0.6 is 0 Å². The Bertz CT molecular complexity index is 829. The van der Waals surface area contributed by atoms with Gasteiger partial charge in [0.15, 0.2) is 0 Å². The molecule has 0 N–H and O–H groups in total. The van der Waals surface area contributed by atoms with E-state index in [1.54, 1.807) is 17.2 Å². The van der Waals surface area contributed by atoms with Crippen LogP contribution in [0, 0.1) is 0 Å². The molecule has 0 fully saturated rings. The molecule has 4 heteroatoms. The van der Waals surface area contributed by atoms with Crippen molar-refractivity contribution in [3.63, 3.8) is 0 Å². The van der Waals surface area contributed by atoms with E-state index in [0.29, 0.717) is 26.2 Å². The summed E-state index contributed by atoms with van der Waals surface area (Å²) in [6.07, 6.45) is 3.41. The topological polar surface area (TPSA) is 36.7 Å². The molecule has 0 atom stereocenters. The molecule has 3 aromatic rings. The van der Waals surface area contributed by atoms with Gasteiger partial charge in [-0.1, -0.05) is 54.6 Å². The minimum atomic E-state index is 0.0311. The number of amides is 1. The van der Waals surface area contributed by atoms with Crippen molar-refractivity contribution in [3.05, 3.63) is 103 Å². The molecule has 1 aromatic heterocycles. The van der Waals surface area contributed by atoms with E-state index in [0.717, 1.165) is 17.0 Å². The fourth-order valence-corrected chi connectivity index (χ4v) is 3.00. The lowest BCUT2D eigenvalue weighted by atomic mass is 10.2. The minimum absolute atomic E-state index is 0.0311. The van der Waals surface area contributed by atoms with Gasteiger partial charge in [-0.15, -0.1) is 6.58 Å². The lowest BCUT2D eigenvalue weighted by Gasteiger charge is -2.26. The molecule has 0 saturated heterocycles. The molecule has 1 heterocycles. The number of hydrogen-bond donors (Lipinski definition) is 0. The second-order valence-electron chi connectivity index (χ2n) is 6.34. The Morgan fingerprint density at radius 2 is 1.63 bits per heavy atom. The zero-order valence-electron chi connectivity index (χ0n) is 15.3. The summed E-state index contributed by atoms with van der Waals surface area (Å²) in [7, 11) is 0. The van der Waals surface area contributed by atoms with Gasteiger partial charge in [-0.2, -0.15) is 0 Å². The van der Waals surface area contributed by atoms with Crippen LogP contribution in [0.1, 0.15) is 11.3 Å². The molecule has 0 bridgehead atoms. The first-order valence-corrected chi connectivity index (χ1v) is 9.01. The van der Waals surface area contributed by atoms with Crippen LogP contribution in [0.4, 0.5) is 5.69 Å². The van der Waals surface area contributed by atoms with Crippen molar-refractivity contribution in [2.24, 2.45) is 0 Å². The third kappa shape index (κ3) is 5.43. The molecule has 0 saturated carbocycles. The van der Waals surface area contributed by atoms with Crippen LogP contribution in [0.3, 0.4) is 0 Å². The molecule has 0 spiro atoms. The monoisotopic (exact) mass is 360 g/mol. The first-order chi connectivity index (χ1) is 13.3. The molecule has 0 unspecified atom stereocenters. The fraction of sp³-hybridized carbons (Fsp3) is 0.174. The average molecular weight is 360 g/mol. The van der Waals surface area contributed by atoms with Crippen molar-refractivity contribution in [1.82, 2.24) is 4.90 Å². The quantitative estimate of drug-likeness (QED) is 0.527. The number of nitrogens with zero attached hydrogens (tertiary/aromatic N) is 2. The largest absolute Gasteiger partial charge is 0.468 e. The van der Waals surface area contributed by atoms with E-state index in [1.165, 1.54) is 0 Å². The minimum Gasteiger partial charge on any atom is -0.468 e. The summed E-state index contributed by atoms with van der Waals surface area (Å²) >= 11 is 0. The molecule has 0 radical (unpaired) electrons. The number of carbonyl (C=O) groups excluding carboxylic acids is 1. The molecule has 3 rings (SSSR count). The summed E-state index contributed by atoms with van der Waals surface area (Å²) in [5.41, 5.74) is 2.03. The Hall–Kier alpha value is -3.11. The lowest BCUT2D eigenvalue weighted by Crippen LogP contribution is -2.40. The summed E-state index contributed by atoms with van der Waals surface area (Å²) in [6.45, 7) is 5.80. The van der Waals surface area contributed by atoms with Gasteiger partial charge in [-0.25, -0.2) is 0 Å². The van der Waals surface area contributed by atoms with E-state index >= 15 is 0 Å². The van der Waals surface area contributed by atoms with Crippen LogP contribution in [-0.2, 0) is 17.9 Å². The number of para-hydroxylation sites is 1. The molecule has 4 nitrogen and oxygen atoms in total. The first kappa shape index (κ1) is 18.7. The maximum Gasteiger partial charge on any atom is 0.241 e. The molecule has 138 valence electrons. The van der Waals surface area contributed by atoms with Crippen molar-refractivity contribution in [2.45, 2.75) is 13.1 Å². The molecule has 2 aromatic carbocycles. The normalized spacial score (nSPS) is 10.7. The molecular weight excluding hydrogens is 336 g/mol. The Labute approximate surface area is 160 Å². The van der Waals surface area contributed by atoms with E-state index in [4.69, 9.17) is 4.42 Å². The molecule has 27 heavy (non-hydrogen) atoms. The maximum absolute atomic E-state index is 13.1. The Morgan fingerprint density at radius 3 is 2.26 bits per heavy atom. The molecule has 0 aliphatic heterocycles. The zero-order valence-corrected chi connectivity index (χ0v) is 15.3. The van der Waals surface area contributed by atoms with Gasteiger partial charge in [-0.3, -0.25) is 9.69 Å². The molecule has 1 amide bonds. The van der Waals surface area contributed by atoms with Crippen LogP contribution in [-0.4, -0.2) is 23.9 Å². The van der Waals surface area contributed by atoms with Gasteiger partial charge in [0.25, 0.3) is 0 Å². The smallest absolute Gasteiger partial charge is 0.241 e. The number of hydrogen-bond acceptors (Lipinski definition) is 3. The van der Waals surface area contributed by atoms with Crippen molar-refractivity contribution in [2.75, 3.05) is 18.0 Å². The predicted molar refractivity (Wildman–Crippen MR) is 108 cm³/mol. The number of furan rings is 1. The predicted octanol–water partition coefficient (Wildman–Crippen LogP) is 4.50. The highest BCUT2D eigenvalue weighted by Crippen LogP contribution is 2.16. The SMILES string of the molecule is C=CCN(C(=O)CN(Cc1ccccc1)Cc1ccco1)c1ccccc1. The Morgan fingerprint density at radius 1 is 0.926 bits per heavy atom. The van der Waals surface area contributed by atoms with E-state index in [9.17, 15) is 4.79 Å². The van der Waals surface area contributed by atoms with Crippen LogP contribution in [0.25, 0.3) is 0 Å². The second kappa shape index (κ2) is 9.55. The summed E-state index contributed by atoms with van der Waals surface area (Å²) in [5.74, 6) is 0.873. The molecular formula is C23H24N2O2. The zero-order chi connectivity index (χ0) is 18.9. The standard InChI is InChI=1S/C23H24N2O2/c1-2-15-25(21-12-7-4-8-13-21)23(26)19-24(18-22-14-9-16-27-22)17-20-10-5-3-6-11-20/h2-14,16H,1,15,17-19H2. The van der Waals surface area contributed by atoms with Gasteiger partial charge in [-0.05, 0) is 29.8 Å². The first-order valence-electron chi connectivity index (χ1n) is 9.01.